The molecule has 1 aliphatic rings. The average molecular weight is 330 g/mol. The summed E-state index contributed by atoms with van der Waals surface area (Å²) in [6, 6.07) is 0.629. The lowest BCUT2D eigenvalue weighted by atomic mass is 9.95. The van der Waals surface area contributed by atoms with Gasteiger partial charge in [0.25, 0.3) is 0 Å². The number of hydrogen-bond acceptors (Lipinski definition) is 2. The first-order valence-electron chi connectivity index (χ1n) is 7.71. The molecule has 0 saturated heterocycles. The molecule has 5 heteroatoms. The Morgan fingerprint density at radius 3 is 2.15 bits per heavy atom. The van der Waals surface area contributed by atoms with E-state index in [4.69, 9.17) is 0 Å². The maximum Gasteiger partial charge on any atom is 0.211 e. The molecule has 0 spiro atoms. The van der Waals surface area contributed by atoms with E-state index in [1.807, 2.05) is 0 Å². The third-order valence-electron chi connectivity index (χ3n) is 4.34. The van der Waals surface area contributed by atoms with Crippen LogP contribution in [0.4, 0.5) is 0 Å². The van der Waals surface area contributed by atoms with Gasteiger partial charge in [-0.1, -0.05) is 51.4 Å². The van der Waals surface area contributed by atoms with E-state index < -0.39 is 16.3 Å². The fourth-order valence-electron chi connectivity index (χ4n) is 3.46. The smallest absolute Gasteiger partial charge is 0.211 e. The molecule has 0 N–H and O–H groups in total. The Labute approximate surface area is 132 Å². The highest BCUT2D eigenvalue weighted by atomic mass is 32.1. The van der Waals surface area contributed by atoms with Crippen LogP contribution in [-0.2, 0) is 4.79 Å². The molecule has 0 radical (unpaired) electrons. The van der Waals surface area contributed by atoms with E-state index in [-0.39, 0.29) is 5.12 Å². The van der Waals surface area contributed by atoms with Crippen molar-refractivity contribution in [2.45, 2.75) is 71.5 Å². The molecule has 116 valence electrons. The van der Waals surface area contributed by atoms with Crippen molar-refractivity contribution < 1.29 is 4.79 Å². The second kappa shape index (κ2) is 6.50. The van der Waals surface area contributed by atoms with E-state index in [2.05, 4.69) is 63.4 Å². The van der Waals surface area contributed by atoms with Crippen molar-refractivity contribution in [2.75, 3.05) is 6.54 Å². The molecule has 0 fully saturated rings. The molecule has 1 rings (SSSR count). The number of thiol groups is 1. The zero-order valence-electron chi connectivity index (χ0n) is 14.2. The normalized spacial score (nSPS) is 21.6. The molecule has 0 saturated carbocycles. The predicted octanol–water partition coefficient (Wildman–Crippen LogP) is 4.33. The Morgan fingerprint density at radius 1 is 1.25 bits per heavy atom. The quantitative estimate of drug-likeness (QED) is 0.598. The van der Waals surface area contributed by atoms with Gasteiger partial charge < -0.3 is 4.57 Å². The van der Waals surface area contributed by atoms with Gasteiger partial charge in [0.2, 0.25) is 5.12 Å². The first-order valence-corrected chi connectivity index (χ1v) is 15.1. The van der Waals surface area contributed by atoms with Gasteiger partial charge >= 0.3 is 0 Å². The van der Waals surface area contributed by atoms with E-state index in [9.17, 15) is 4.79 Å². The summed E-state index contributed by atoms with van der Waals surface area (Å²) >= 11 is 4.11. The van der Waals surface area contributed by atoms with Crippen molar-refractivity contribution in [3.8, 4) is 0 Å². The minimum Gasteiger partial charge on any atom is -0.321 e. The van der Waals surface area contributed by atoms with E-state index in [0.29, 0.717) is 6.04 Å². The molecule has 20 heavy (non-hydrogen) atoms. The average Bonchev–Trinajstić information content (AvgIpc) is 2.26. The first-order chi connectivity index (χ1) is 8.98. The highest BCUT2D eigenvalue weighted by Crippen LogP contribution is 2.36. The van der Waals surface area contributed by atoms with Gasteiger partial charge in [0.1, 0.15) is 8.24 Å². The topological polar surface area (TPSA) is 20.3 Å². The SMILES string of the molecule is CCN(C1CCC(C(=O)S)=C([Si](C)(C)C)C1)[Si](C)(C)C. The molecule has 0 heterocycles. The monoisotopic (exact) mass is 329 g/mol. The molecule has 2 nitrogen and oxygen atoms in total. The Balaban J connectivity index is 3.10. The number of carbonyl (C=O) groups excluding carboxylic acids is 1. The van der Waals surface area contributed by atoms with Gasteiger partial charge in [-0.3, -0.25) is 4.79 Å². The Hall–Kier alpha value is 0.154. The van der Waals surface area contributed by atoms with Crippen LogP contribution in [-0.4, -0.2) is 38.6 Å². The van der Waals surface area contributed by atoms with Gasteiger partial charge in [0.15, 0.2) is 0 Å². The molecular weight excluding hydrogens is 298 g/mol. The number of carbonyl (C=O) groups is 1. The zero-order chi connectivity index (χ0) is 15.7. The lowest BCUT2D eigenvalue weighted by Gasteiger charge is -2.44. The van der Waals surface area contributed by atoms with Crippen LogP contribution in [0.1, 0.15) is 26.2 Å². The van der Waals surface area contributed by atoms with Crippen LogP contribution in [0, 0.1) is 0 Å². The van der Waals surface area contributed by atoms with E-state index in [1.54, 1.807) is 0 Å². The molecular formula is C15H31NOSSi2. The lowest BCUT2D eigenvalue weighted by molar-refractivity contribution is -0.108. The maximum atomic E-state index is 11.8. The lowest BCUT2D eigenvalue weighted by Crippen LogP contribution is -2.53. The van der Waals surface area contributed by atoms with Gasteiger partial charge in [-0.2, -0.15) is 0 Å². The van der Waals surface area contributed by atoms with Gasteiger partial charge in [-0.05, 0) is 25.8 Å². The fourth-order valence-corrected chi connectivity index (χ4v) is 8.07. The van der Waals surface area contributed by atoms with Gasteiger partial charge in [-0.25, -0.2) is 0 Å². The molecule has 0 bridgehead atoms. The number of rotatable bonds is 5. The number of nitrogens with zero attached hydrogens (tertiary/aromatic N) is 1. The number of hydrogen-bond donors (Lipinski definition) is 1. The summed E-state index contributed by atoms with van der Waals surface area (Å²) in [6.45, 7) is 17.7. The van der Waals surface area contributed by atoms with E-state index in [0.717, 1.165) is 31.4 Å². The summed E-state index contributed by atoms with van der Waals surface area (Å²) < 4.78 is 2.73. The molecule has 0 amide bonds. The summed E-state index contributed by atoms with van der Waals surface area (Å²) in [5.41, 5.74) is 1.04. The van der Waals surface area contributed by atoms with Crippen molar-refractivity contribution in [3.63, 3.8) is 0 Å². The third-order valence-corrected chi connectivity index (χ3v) is 9.33. The van der Waals surface area contributed by atoms with E-state index in [1.165, 1.54) is 5.20 Å². The standard InChI is InChI=1S/C15H31NOSSi2/c1-8-16(20(5,6)7)12-9-10-13(15(17)18)14(11-12)19(2,3)4/h12H,8-11H2,1-7H3,(H,17,18). The van der Waals surface area contributed by atoms with Gasteiger partial charge in [-0.15, -0.1) is 12.6 Å². The largest absolute Gasteiger partial charge is 0.321 e. The Bertz CT molecular complexity index is 407. The molecule has 1 aliphatic carbocycles. The molecule has 0 aliphatic heterocycles. The van der Waals surface area contributed by atoms with Crippen molar-refractivity contribution in [1.82, 2.24) is 4.57 Å². The van der Waals surface area contributed by atoms with Crippen molar-refractivity contribution in [1.29, 1.82) is 0 Å². The minimum atomic E-state index is -1.44. The second-order valence-electron chi connectivity index (χ2n) is 7.87. The van der Waals surface area contributed by atoms with Crippen LogP contribution in [0.2, 0.25) is 39.3 Å². The summed E-state index contributed by atoms with van der Waals surface area (Å²) in [7, 11) is -2.73. The van der Waals surface area contributed by atoms with Crippen LogP contribution in [0.25, 0.3) is 0 Å². The molecule has 0 aromatic carbocycles. The first kappa shape index (κ1) is 18.2. The highest BCUT2D eigenvalue weighted by Gasteiger charge is 2.36. The fraction of sp³-hybridized carbons (Fsp3) is 0.800. The van der Waals surface area contributed by atoms with Crippen LogP contribution >= 0.6 is 12.6 Å². The molecule has 1 unspecified atom stereocenters. The Morgan fingerprint density at radius 2 is 1.80 bits per heavy atom. The van der Waals surface area contributed by atoms with Crippen LogP contribution in [0.5, 0.6) is 0 Å². The summed E-state index contributed by atoms with van der Waals surface area (Å²) in [5.74, 6) is 0. The van der Waals surface area contributed by atoms with Crippen molar-refractivity contribution in [2.24, 2.45) is 0 Å². The molecule has 0 aromatic rings. The minimum absolute atomic E-state index is 0.0110. The maximum absolute atomic E-state index is 11.8. The molecule has 1 atom stereocenters. The summed E-state index contributed by atoms with van der Waals surface area (Å²) in [4.78, 5) is 11.8. The van der Waals surface area contributed by atoms with Crippen molar-refractivity contribution in [3.05, 3.63) is 10.8 Å². The third kappa shape index (κ3) is 4.32. The van der Waals surface area contributed by atoms with Gasteiger partial charge in [0, 0.05) is 11.6 Å². The zero-order valence-corrected chi connectivity index (χ0v) is 17.1. The van der Waals surface area contributed by atoms with Crippen LogP contribution in [0.3, 0.4) is 0 Å². The van der Waals surface area contributed by atoms with Crippen molar-refractivity contribution >= 4 is 34.1 Å². The molecule has 0 aromatic heterocycles. The Kier molecular flexibility index (Phi) is 5.92. The second-order valence-corrected chi connectivity index (χ2v) is 18.3. The van der Waals surface area contributed by atoms with Gasteiger partial charge in [0.05, 0.1) is 8.07 Å². The summed E-state index contributed by atoms with van der Waals surface area (Å²) in [6.07, 6.45) is 3.14. The van der Waals surface area contributed by atoms with Crippen LogP contribution in [0.15, 0.2) is 10.8 Å². The van der Waals surface area contributed by atoms with Crippen LogP contribution < -0.4 is 0 Å². The highest BCUT2D eigenvalue weighted by molar-refractivity contribution is 7.97. The summed E-state index contributed by atoms with van der Waals surface area (Å²) in [5, 5.41) is 1.47. The van der Waals surface area contributed by atoms with E-state index >= 15 is 0 Å². The predicted molar refractivity (Wildman–Crippen MR) is 97.7 cm³/mol.